The first-order valence-electron chi connectivity index (χ1n) is 5.86. The van der Waals surface area contributed by atoms with Gasteiger partial charge in [0.25, 0.3) is 5.91 Å². The summed E-state index contributed by atoms with van der Waals surface area (Å²) in [6.45, 7) is 5.73. The molecule has 17 heavy (non-hydrogen) atoms. The van der Waals surface area contributed by atoms with Gasteiger partial charge in [-0.3, -0.25) is 4.79 Å². The minimum absolute atomic E-state index is 0.131. The van der Waals surface area contributed by atoms with Gasteiger partial charge in [-0.2, -0.15) is 0 Å². The summed E-state index contributed by atoms with van der Waals surface area (Å²) in [5.74, 6) is 0.131. The number of rotatable bonds is 4. The van der Waals surface area contributed by atoms with E-state index in [1.807, 2.05) is 22.4 Å². The van der Waals surface area contributed by atoms with Crippen LogP contribution in [-0.2, 0) is 4.74 Å². The summed E-state index contributed by atoms with van der Waals surface area (Å²) in [4.78, 5) is 14.8. The molecule has 4 heteroatoms. The van der Waals surface area contributed by atoms with Crippen LogP contribution in [0, 0.1) is 0 Å². The molecule has 2 heterocycles. The second-order valence-electron chi connectivity index (χ2n) is 4.11. The summed E-state index contributed by atoms with van der Waals surface area (Å²) in [5.41, 5.74) is 0. The normalized spacial score (nSPS) is 20.2. The predicted octanol–water partition coefficient (Wildman–Crippen LogP) is 2.56. The number of hydrogen-bond donors (Lipinski definition) is 0. The lowest BCUT2D eigenvalue weighted by Gasteiger charge is -2.32. The molecule has 3 nitrogen and oxygen atoms in total. The van der Waals surface area contributed by atoms with Crippen LogP contribution >= 0.6 is 11.3 Å². The Hall–Kier alpha value is -1.13. The lowest BCUT2D eigenvalue weighted by atomic mass is 10.1. The first-order chi connectivity index (χ1) is 8.31. The number of amides is 1. The highest BCUT2D eigenvalue weighted by molar-refractivity contribution is 7.12. The van der Waals surface area contributed by atoms with Crippen LogP contribution in [0.5, 0.6) is 0 Å². The molecular formula is C13H17NO2S. The summed E-state index contributed by atoms with van der Waals surface area (Å²) in [6.07, 6.45) is 3.95. The number of piperidine rings is 1. The van der Waals surface area contributed by atoms with Crippen molar-refractivity contribution in [2.45, 2.75) is 18.9 Å². The Balaban J connectivity index is 1.92. The molecule has 1 aromatic rings. The van der Waals surface area contributed by atoms with Gasteiger partial charge in [0.05, 0.1) is 17.6 Å². The van der Waals surface area contributed by atoms with Crippen LogP contribution in [0.3, 0.4) is 0 Å². The van der Waals surface area contributed by atoms with Crippen molar-refractivity contribution in [3.05, 3.63) is 35.0 Å². The molecule has 0 N–H and O–H groups in total. The van der Waals surface area contributed by atoms with E-state index in [1.165, 1.54) is 11.3 Å². The average molecular weight is 251 g/mol. The number of ether oxygens (including phenoxy) is 1. The van der Waals surface area contributed by atoms with Gasteiger partial charge >= 0.3 is 0 Å². The fourth-order valence-electron chi connectivity index (χ4n) is 2.02. The molecule has 0 aromatic carbocycles. The van der Waals surface area contributed by atoms with Crippen LogP contribution in [0.15, 0.2) is 30.2 Å². The SMILES string of the molecule is C=CCOC1CCCN(C(=O)c2cccs2)C1. The quantitative estimate of drug-likeness (QED) is 0.770. The fraction of sp³-hybridized carbons (Fsp3) is 0.462. The van der Waals surface area contributed by atoms with Crippen molar-refractivity contribution in [1.29, 1.82) is 0 Å². The minimum atomic E-state index is 0.131. The summed E-state index contributed by atoms with van der Waals surface area (Å²) < 4.78 is 5.62. The van der Waals surface area contributed by atoms with Crippen molar-refractivity contribution >= 4 is 17.2 Å². The summed E-state index contributed by atoms with van der Waals surface area (Å²) in [7, 11) is 0. The Morgan fingerprint density at radius 1 is 1.71 bits per heavy atom. The highest BCUT2D eigenvalue weighted by atomic mass is 32.1. The molecule has 1 aromatic heterocycles. The van der Waals surface area contributed by atoms with Gasteiger partial charge in [-0.25, -0.2) is 0 Å². The summed E-state index contributed by atoms with van der Waals surface area (Å²) in [5, 5.41) is 1.93. The number of likely N-dealkylation sites (tertiary alicyclic amines) is 1. The fourth-order valence-corrected chi connectivity index (χ4v) is 2.71. The van der Waals surface area contributed by atoms with E-state index in [0.717, 1.165) is 24.3 Å². The van der Waals surface area contributed by atoms with Crippen LogP contribution in [0.4, 0.5) is 0 Å². The van der Waals surface area contributed by atoms with E-state index in [-0.39, 0.29) is 12.0 Å². The van der Waals surface area contributed by atoms with Gasteiger partial charge in [0.15, 0.2) is 0 Å². The maximum Gasteiger partial charge on any atom is 0.264 e. The van der Waals surface area contributed by atoms with E-state index in [0.29, 0.717) is 13.2 Å². The first kappa shape index (κ1) is 12.3. The summed E-state index contributed by atoms with van der Waals surface area (Å²) >= 11 is 1.50. The highest BCUT2D eigenvalue weighted by Gasteiger charge is 2.24. The van der Waals surface area contributed by atoms with Crippen LogP contribution in [0.25, 0.3) is 0 Å². The molecule has 1 fully saturated rings. The zero-order chi connectivity index (χ0) is 12.1. The Labute approximate surface area is 106 Å². The van der Waals surface area contributed by atoms with Gasteiger partial charge in [0, 0.05) is 13.1 Å². The second kappa shape index (κ2) is 5.98. The monoisotopic (exact) mass is 251 g/mol. The molecule has 0 spiro atoms. The third-order valence-electron chi connectivity index (χ3n) is 2.85. The standard InChI is InChI=1S/C13H17NO2S/c1-2-8-16-11-5-3-7-14(10-11)13(15)12-6-4-9-17-12/h2,4,6,9,11H,1,3,5,7-8,10H2. The smallest absolute Gasteiger partial charge is 0.264 e. The van der Waals surface area contributed by atoms with Crippen molar-refractivity contribution in [2.24, 2.45) is 0 Å². The van der Waals surface area contributed by atoms with Crippen molar-refractivity contribution in [2.75, 3.05) is 19.7 Å². The molecule has 2 rings (SSSR count). The van der Waals surface area contributed by atoms with E-state index in [4.69, 9.17) is 4.74 Å². The molecule has 1 aliphatic rings. The zero-order valence-electron chi connectivity index (χ0n) is 9.80. The molecule has 1 saturated heterocycles. The maximum absolute atomic E-state index is 12.1. The second-order valence-corrected chi connectivity index (χ2v) is 5.06. The van der Waals surface area contributed by atoms with Crippen molar-refractivity contribution < 1.29 is 9.53 Å². The predicted molar refractivity (Wildman–Crippen MR) is 69.4 cm³/mol. The summed E-state index contributed by atoms with van der Waals surface area (Å²) in [6, 6.07) is 3.79. The topological polar surface area (TPSA) is 29.5 Å². The average Bonchev–Trinajstić information content (AvgIpc) is 2.89. The van der Waals surface area contributed by atoms with Crippen LogP contribution in [0.1, 0.15) is 22.5 Å². The largest absolute Gasteiger partial charge is 0.372 e. The lowest BCUT2D eigenvalue weighted by Crippen LogP contribution is -2.43. The van der Waals surface area contributed by atoms with Crippen molar-refractivity contribution in [3.63, 3.8) is 0 Å². The minimum Gasteiger partial charge on any atom is -0.372 e. The molecule has 1 aliphatic heterocycles. The number of carbonyl (C=O) groups excluding carboxylic acids is 1. The van der Waals surface area contributed by atoms with Crippen LogP contribution in [-0.4, -0.2) is 36.6 Å². The van der Waals surface area contributed by atoms with Gasteiger partial charge in [-0.05, 0) is 24.3 Å². The lowest BCUT2D eigenvalue weighted by molar-refractivity contribution is 0.0136. The van der Waals surface area contributed by atoms with Crippen molar-refractivity contribution in [3.8, 4) is 0 Å². The highest BCUT2D eigenvalue weighted by Crippen LogP contribution is 2.18. The molecule has 1 amide bonds. The molecule has 0 saturated carbocycles. The molecule has 0 radical (unpaired) electrons. The number of thiophene rings is 1. The Bertz CT molecular complexity index is 375. The third-order valence-corrected chi connectivity index (χ3v) is 3.70. The molecule has 1 unspecified atom stereocenters. The molecular weight excluding hydrogens is 234 g/mol. The Kier molecular flexibility index (Phi) is 4.34. The van der Waals surface area contributed by atoms with Crippen LogP contribution in [0.2, 0.25) is 0 Å². The molecule has 0 bridgehead atoms. The molecule has 1 atom stereocenters. The van der Waals surface area contributed by atoms with E-state index in [2.05, 4.69) is 6.58 Å². The van der Waals surface area contributed by atoms with E-state index >= 15 is 0 Å². The third kappa shape index (κ3) is 3.17. The molecule has 0 aliphatic carbocycles. The van der Waals surface area contributed by atoms with Gasteiger partial charge in [-0.1, -0.05) is 12.1 Å². The van der Waals surface area contributed by atoms with Crippen LogP contribution < -0.4 is 0 Å². The van der Waals surface area contributed by atoms with Gasteiger partial charge in [0.2, 0.25) is 0 Å². The van der Waals surface area contributed by atoms with E-state index in [9.17, 15) is 4.79 Å². The Morgan fingerprint density at radius 2 is 2.59 bits per heavy atom. The van der Waals surface area contributed by atoms with E-state index in [1.54, 1.807) is 6.08 Å². The molecule has 92 valence electrons. The van der Waals surface area contributed by atoms with Gasteiger partial charge in [-0.15, -0.1) is 17.9 Å². The number of carbonyl (C=O) groups is 1. The van der Waals surface area contributed by atoms with Crippen molar-refractivity contribution in [1.82, 2.24) is 4.90 Å². The maximum atomic E-state index is 12.1. The van der Waals surface area contributed by atoms with Gasteiger partial charge < -0.3 is 9.64 Å². The first-order valence-corrected chi connectivity index (χ1v) is 6.74. The van der Waals surface area contributed by atoms with E-state index < -0.39 is 0 Å². The zero-order valence-corrected chi connectivity index (χ0v) is 10.6. The number of nitrogens with zero attached hydrogens (tertiary/aromatic N) is 1. The van der Waals surface area contributed by atoms with Gasteiger partial charge in [0.1, 0.15) is 0 Å². The Morgan fingerprint density at radius 3 is 3.29 bits per heavy atom. The number of hydrogen-bond acceptors (Lipinski definition) is 3.